The summed E-state index contributed by atoms with van der Waals surface area (Å²) in [6, 6.07) is 39.3. The Balaban J connectivity index is 0.000000154. The van der Waals surface area contributed by atoms with Gasteiger partial charge >= 0.3 is 0 Å². The van der Waals surface area contributed by atoms with E-state index in [1.807, 2.05) is 117 Å². The molecule has 6 aromatic heterocycles. The van der Waals surface area contributed by atoms with Crippen LogP contribution in [0.2, 0.25) is 0 Å². The first-order valence-corrected chi connectivity index (χ1v) is 36.6. The number of hydrogen-bond donors (Lipinski definition) is 7. The van der Waals surface area contributed by atoms with Crippen LogP contribution in [0.4, 0.5) is 23.4 Å². The number of benzene rings is 3. The molecule has 1 saturated heterocycles. The highest BCUT2D eigenvalue weighted by molar-refractivity contribution is 5.81. The predicted molar refractivity (Wildman–Crippen MR) is 406 cm³/mol. The van der Waals surface area contributed by atoms with Crippen molar-refractivity contribution >= 4 is 34.4 Å². The largest absolute Gasteiger partial charge is 0.491 e. The summed E-state index contributed by atoms with van der Waals surface area (Å²) in [5, 5.41) is 39.8. The van der Waals surface area contributed by atoms with Crippen LogP contribution in [0, 0.1) is 0 Å². The summed E-state index contributed by atoms with van der Waals surface area (Å²) in [5.74, 6) is 7.00. The number of aromatic nitrogens is 9. The van der Waals surface area contributed by atoms with Gasteiger partial charge in [-0.15, -0.1) is 0 Å². The number of fused-ring (bicyclic) bond motifs is 1. The lowest BCUT2D eigenvalue weighted by atomic mass is 9.94. The molecule has 0 amide bonds. The Morgan fingerprint density at radius 3 is 1.32 bits per heavy atom. The number of H-pyrrole nitrogens is 1. The zero-order valence-corrected chi connectivity index (χ0v) is 60.3. The van der Waals surface area contributed by atoms with Crippen molar-refractivity contribution in [2.24, 2.45) is 0 Å². The van der Waals surface area contributed by atoms with Gasteiger partial charge in [0.05, 0.1) is 30.3 Å². The van der Waals surface area contributed by atoms with Gasteiger partial charge in [-0.2, -0.15) is 4.98 Å². The molecule has 0 radical (unpaired) electrons. The second-order valence-electron chi connectivity index (χ2n) is 27.1. The zero-order chi connectivity index (χ0) is 71.0. The van der Waals surface area contributed by atoms with E-state index < -0.39 is 18.3 Å². The third-order valence-electron chi connectivity index (χ3n) is 19.5. The number of anilines is 4. The number of nitrogens with one attached hydrogen (secondary N) is 4. The van der Waals surface area contributed by atoms with Gasteiger partial charge < -0.3 is 74.8 Å². The molecule has 9 aromatic rings. The highest BCUT2D eigenvalue weighted by Gasteiger charge is 2.26. The first-order chi connectivity index (χ1) is 49.9. The summed E-state index contributed by atoms with van der Waals surface area (Å²) in [4.78, 5) is 50.7. The number of likely N-dealkylation sites (N-methyl/N-ethyl adjacent to an activating group) is 3. The Morgan fingerprint density at radius 1 is 0.480 bits per heavy atom. The fourth-order valence-corrected chi connectivity index (χ4v) is 13.7. The van der Waals surface area contributed by atoms with Gasteiger partial charge in [-0.05, 0) is 120 Å². The van der Waals surface area contributed by atoms with E-state index in [0.29, 0.717) is 74.1 Å². The maximum Gasteiger partial charge on any atom is 0.228 e. The molecule has 102 heavy (non-hydrogen) atoms. The van der Waals surface area contributed by atoms with Crippen LogP contribution in [0.25, 0.3) is 67.6 Å². The standard InChI is InChI=1S/C28H34N6O2.C26H33N5O2.C25H37N5O3/c1-29-17-23(35)18-36-24-10-6-7-19(14-24)25-15-26(34(2)22-8-4-3-5-9-22)33-28(32-25)21-13-20-11-12-30-27(20)31-16-21;1-27-17-22(32)18-33-23-10-6-7-20(15-23)24-16-25(31(2)21-8-4-3-5-9-21)30-26(29-24)19-11-13-28-14-12-19;1-26-17-21(31)18-33-22-10-6-7-19(15-22)23-16-24(29(2)20-8-4-3-5-9-20)28-25(27-23)30-11-13-32-14-12-30/h6-7,10-16,22-23,29,35H,3-5,8-9,17-18H2,1-2H3,(H,30,31);6-7,10-16,21-22,27,32H,3-5,8-9,17-18H2,1-2H3;6-7,10,15-16,20-21,26,31H,3-5,8-9,11-14,17-18H2,1-2H3. The second kappa shape index (κ2) is 37.8. The third-order valence-corrected chi connectivity index (χ3v) is 19.5. The summed E-state index contributed by atoms with van der Waals surface area (Å²) in [5.41, 5.74) is 8.08. The Kier molecular flexibility index (Phi) is 27.5. The van der Waals surface area contributed by atoms with Crippen molar-refractivity contribution < 1.29 is 34.3 Å². The molecule has 7 heterocycles. The molecule has 3 atom stereocenters. The van der Waals surface area contributed by atoms with Crippen LogP contribution in [-0.2, 0) is 4.74 Å². The summed E-state index contributed by atoms with van der Waals surface area (Å²) >= 11 is 0. The van der Waals surface area contributed by atoms with E-state index in [9.17, 15) is 15.3 Å². The molecule has 3 saturated carbocycles. The summed E-state index contributed by atoms with van der Waals surface area (Å²) in [7, 11) is 11.9. The maximum atomic E-state index is 10.0. The van der Waals surface area contributed by atoms with Crippen LogP contribution in [-0.4, -0.2) is 205 Å². The zero-order valence-electron chi connectivity index (χ0n) is 60.3. The number of morpholine rings is 1. The number of aromatic amines is 1. The van der Waals surface area contributed by atoms with Crippen LogP contribution >= 0.6 is 0 Å². The van der Waals surface area contributed by atoms with Crippen LogP contribution in [0.5, 0.6) is 17.2 Å². The minimum absolute atomic E-state index is 0.220. The number of ether oxygens (including phenoxy) is 4. The molecule has 23 nitrogen and oxygen atoms in total. The van der Waals surface area contributed by atoms with Crippen molar-refractivity contribution in [3.63, 3.8) is 0 Å². The van der Waals surface area contributed by atoms with Crippen molar-refractivity contribution in [1.82, 2.24) is 60.8 Å². The van der Waals surface area contributed by atoms with Gasteiger partial charge in [0.25, 0.3) is 0 Å². The van der Waals surface area contributed by atoms with E-state index in [1.54, 1.807) is 19.4 Å². The van der Waals surface area contributed by atoms with Crippen LogP contribution in [0.1, 0.15) is 96.3 Å². The van der Waals surface area contributed by atoms with Crippen molar-refractivity contribution in [3.05, 3.63) is 140 Å². The van der Waals surface area contributed by atoms with Gasteiger partial charge in [-0.25, -0.2) is 29.9 Å². The minimum atomic E-state index is -0.573. The molecule has 4 aliphatic rings. The van der Waals surface area contributed by atoms with E-state index in [1.165, 1.54) is 96.3 Å². The molecule has 7 N–H and O–H groups in total. The minimum Gasteiger partial charge on any atom is -0.491 e. The molecular formula is C79H104N16O7. The molecule has 4 fully saturated rings. The van der Waals surface area contributed by atoms with Gasteiger partial charge in [0.15, 0.2) is 11.6 Å². The summed E-state index contributed by atoms with van der Waals surface area (Å²) < 4.78 is 23.0. The smallest absolute Gasteiger partial charge is 0.228 e. The Bertz CT molecular complexity index is 4010. The number of pyridine rings is 2. The maximum absolute atomic E-state index is 10.0. The van der Waals surface area contributed by atoms with Gasteiger partial charge in [0.1, 0.15) is 78.5 Å². The molecule has 0 spiro atoms. The number of aliphatic hydroxyl groups is 3. The lowest BCUT2D eigenvalue weighted by molar-refractivity contribution is 0.108. The number of hydrogen-bond acceptors (Lipinski definition) is 22. The summed E-state index contributed by atoms with van der Waals surface area (Å²) in [6.07, 6.45) is 24.3. The van der Waals surface area contributed by atoms with Gasteiger partial charge in [-0.1, -0.05) is 94.2 Å². The molecule has 1 aliphatic heterocycles. The van der Waals surface area contributed by atoms with E-state index in [0.717, 1.165) is 98.2 Å². The first kappa shape index (κ1) is 74.3. The molecule has 0 bridgehead atoms. The second-order valence-corrected chi connectivity index (χ2v) is 27.1. The molecule has 3 aliphatic carbocycles. The van der Waals surface area contributed by atoms with E-state index in [2.05, 4.69) is 95.9 Å². The molecular weight excluding hydrogens is 1280 g/mol. The molecule has 13 rings (SSSR count). The fraction of sp³-hybridized carbons (Fsp3) is 0.468. The first-order valence-electron chi connectivity index (χ1n) is 36.6. The Hall–Kier alpha value is -8.94. The van der Waals surface area contributed by atoms with Gasteiger partial charge in [0, 0.05) is 148 Å². The quantitative estimate of drug-likeness (QED) is 0.0252. The Morgan fingerprint density at radius 2 is 0.892 bits per heavy atom. The normalized spacial score (nSPS) is 16.2. The number of rotatable bonds is 27. The van der Waals surface area contributed by atoms with E-state index in [-0.39, 0.29) is 19.8 Å². The van der Waals surface area contributed by atoms with Crippen LogP contribution in [0.15, 0.2) is 140 Å². The van der Waals surface area contributed by atoms with E-state index in [4.69, 9.17) is 48.9 Å². The monoisotopic (exact) mass is 1390 g/mol. The van der Waals surface area contributed by atoms with Crippen molar-refractivity contribution in [3.8, 4) is 73.8 Å². The van der Waals surface area contributed by atoms with Gasteiger partial charge in [0.2, 0.25) is 5.95 Å². The average Bonchev–Trinajstić information content (AvgIpc) is 0.966. The highest BCUT2D eigenvalue weighted by atomic mass is 16.5. The Labute approximate surface area is 600 Å². The van der Waals surface area contributed by atoms with Crippen LogP contribution < -0.4 is 49.8 Å². The average molecular weight is 1390 g/mol. The lowest BCUT2D eigenvalue weighted by Crippen LogP contribution is -2.38. The van der Waals surface area contributed by atoms with E-state index >= 15 is 0 Å². The molecule has 23 heteroatoms. The SMILES string of the molecule is CNCC(O)COc1cccc(-c2cc(N(C)C3CCCCC3)nc(-c3ccncc3)n2)c1.CNCC(O)COc1cccc(-c2cc(N(C)C3CCCCC3)nc(-c3cnc4[nH]ccc4c3)n2)c1.CNCC(O)COc1cccc(-c2cc(N(C)C3CCCCC3)nc(N3CCOCC3)n2)c1. The topological polar surface area (TPSA) is 266 Å². The molecule has 542 valence electrons. The van der Waals surface area contributed by atoms with Gasteiger partial charge in [-0.3, -0.25) is 4.98 Å². The predicted octanol–water partition coefficient (Wildman–Crippen LogP) is 11.1. The number of nitrogens with zero attached hydrogens (tertiary/aromatic N) is 12. The summed E-state index contributed by atoms with van der Waals surface area (Å²) in [6.45, 7) is 5.12. The van der Waals surface area contributed by atoms with Crippen molar-refractivity contribution in [2.75, 3.05) is 128 Å². The van der Waals surface area contributed by atoms with Crippen LogP contribution in [0.3, 0.4) is 0 Å². The number of aliphatic hydroxyl groups excluding tert-OH is 3. The fourth-order valence-electron chi connectivity index (χ4n) is 13.7. The highest BCUT2D eigenvalue weighted by Crippen LogP contribution is 2.36. The van der Waals surface area contributed by atoms with Crippen molar-refractivity contribution in [1.29, 1.82) is 0 Å². The molecule has 3 aromatic carbocycles. The lowest BCUT2D eigenvalue weighted by Gasteiger charge is -2.33. The molecule has 3 unspecified atom stereocenters. The van der Waals surface area contributed by atoms with Crippen molar-refractivity contribution in [2.45, 2.75) is 133 Å². The third kappa shape index (κ3) is 20.9.